The second-order valence-corrected chi connectivity index (χ2v) is 8.27. The van der Waals surface area contributed by atoms with Gasteiger partial charge in [0.2, 0.25) is 0 Å². The quantitative estimate of drug-likeness (QED) is 0.253. The van der Waals surface area contributed by atoms with Gasteiger partial charge < -0.3 is 5.32 Å². The highest BCUT2D eigenvalue weighted by Gasteiger charge is 2.30. The molecule has 1 N–H and O–H groups in total. The van der Waals surface area contributed by atoms with E-state index in [2.05, 4.69) is 5.32 Å². The van der Waals surface area contributed by atoms with Gasteiger partial charge in [-0.2, -0.15) is 13.2 Å². The number of aryl methyl sites for hydroxylation is 1. The number of nitrogens with one attached hydrogen (secondary N) is 1. The zero-order chi connectivity index (χ0) is 25.2. The number of halogens is 4. The molecule has 0 saturated heterocycles. The third-order valence-electron chi connectivity index (χ3n) is 5.86. The molecule has 178 valence electrons. The number of hydrogen-bond acceptors (Lipinski definition) is 2. The topological polar surface area (TPSA) is 46.2 Å². The Kier molecular flexibility index (Phi) is 6.69. The summed E-state index contributed by atoms with van der Waals surface area (Å²) in [6.45, 7) is 1.93. The van der Waals surface area contributed by atoms with Crippen LogP contribution in [0, 0.1) is 12.7 Å². The van der Waals surface area contributed by atoms with E-state index in [1.54, 1.807) is 6.07 Å². The van der Waals surface area contributed by atoms with Gasteiger partial charge in [0.05, 0.1) is 11.6 Å². The van der Waals surface area contributed by atoms with Gasteiger partial charge in [-0.05, 0) is 71.3 Å². The molecule has 0 heterocycles. The molecule has 0 fully saturated rings. The van der Waals surface area contributed by atoms with Crippen molar-refractivity contribution in [3.05, 3.63) is 119 Å². The Labute approximate surface area is 199 Å². The Morgan fingerprint density at radius 2 is 1.46 bits per heavy atom. The second-order valence-electron chi connectivity index (χ2n) is 8.27. The molecule has 0 bridgehead atoms. The van der Waals surface area contributed by atoms with Crippen LogP contribution in [0.1, 0.15) is 37.4 Å². The van der Waals surface area contributed by atoms with E-state index in [1.807, 2.05) is 37.3 Å². The summed E-state index contributed by atoms with van der Waals surface area (Å²) in [6.07, 6.45) is -4.52. The highest BCUT2D eigenvalue weighted by Crippen LogP contribution is 2.29. The van der Waals surface area contributed by atoms with Crippen LogP contribution in [0.15, 0.2) is 84.9 Å². The number of fused-ring (bicyclic) bond motifs is 1. The molecule has 7 heteroatoms. The molecule has 0 aliphatic rings. The maximum absolute atomic E-state index is 13.4. The van der Waals surface area contributed by atoms with Crippen LogP contribution < -0.4 is 5.32 Å². The summed E-state index contributed by atoms with van der Waals surface area (Å²) in [5, 5.41) is 4.35. The molecule has 1 amide bonds. The molecule has 0 saturated carbocycles. The van der Waals surface area contributed by atoms with Crippen molar-refractivity contribution in [1.29, 1.82) is 0 Å². The lowest BCUT2D eigenvalue weighted by molar-refractivity contribution is -0.137. The van der Waals surface area contributed by atoms with Gasteiger partial charge in [-0.3, -0.25) is 9.59 Å². The molecule has 0 aliphatic heterocycles. The number of carbonyl (C=O) groups is 2. The number of rotatable bonds is 6. The van der Waals surface area contributed by atoms with Crippen molar-refractivity contribution >= 4 is 22.5 Å². The first-order chi connectivity index (χ1) is 16.6. The summed E-state index contributed by atoms with van der Waals surface area (Å²) >= 11 is 0. The van der Waals surface area contributed by atoms with Crippen molar-refractivity contribution in [3.63, 3.8) is 0 Å². The Hall–Kier alpha value is -4.00. The average molecular weight is 479 g/mol. The normalized spacial score (nSPS) is 12.4. The first-order valence-electron chi connectivity index (χ1n) is 10.9. The average Bonchev–Trinajstić information content (AvgIpc) is 2.84. The molecule has 35 heavy (non-hydrogen) atoms. The lowest BCUT2D eigenvalue weighted by Gasteiger charge is -2.19. The molecule has 0 aromatic heterocycles. The Morgan fingerprint density at radius 3 is 2.09 bits per heavy atom. The van der Waals surface area contributed by atoms with Crippen molar-refractivity contribution in [2.24, 2.45) is 0 Å². The number of carbonyl (C=O) groups excluding carboxylic acids is 2. The van der Waals surface area contributed by atoms with Crippen LogP contribution in [0.4, 0.5) is 17.6 Å². The Morgan fingerprint density at radius 1 is 0.829 bits per heavy atom. The second kappa shape index (κ2) is 9.70. The van der Waals surface area contributed by atoms with Crippen LogP contribution in [0.25, 0.3) is 10.8 Å². The van der Waals surface area contributed by atoms with Crippen molar-refractivity contribution in [2.45, 2.75) is 25.6 Å². The van der Waals surface area contributed by atoms with Gasteiger partial charge in [0.15, 0.2) is 5.78 Å². The predicted molar refractivity (Wildman–Crippen MR) is 126 cm³/mol. The molecule has 4 aromatic rings. The minimum absolute atomic E-state index is 0.0378. The number of hydrogen-bond donors (Lipinski definition) is 1. The summed E-state index contributed by atoms with van der Waals surface area (Å²) in [6, 6.07) is 19.1. The minimum atomic E-state index is -4.48. The third kappa shape index (κ3) is 5.40. The molecule has 0 radical (unpaired) electrons. The van der Waals surface area contributed by atoms with E-state index in [-0.39, 0.29) is 12.0 Å². The third-order valence-corrected chi connectivity index (χ3v) is 5.86. The van der Waals surface area contributed by atoms with Gasteiger partial charge in [0.25, 0.3) is 5.91 Å². The van der Waals surface area contributed by atoms with E-state index in [4.69, 9.17) is 0 Å². The fraction of sp³-hybridized carbons (Fsp3) is 0.143. The fourth-order valence-corrected chi connectivity index (χ4v) is 3.97. The number of Topliss-reactive ketones (excluding diaryl/α,β-unsaturated/α-hetero) is 1. The zero-order valence-corrected chi connectivity index (χ0v) is 18.7. The van der Waals surface area contributed by atoms with Crippen LogP contribution >= 0.6 is 0 Å². The van der Waals surface area contributed by atoms with Crippen molar-refractivity contribution in [2.75, 3.05) is 0 Å². The summed E-state index contributed by atoms with van der Waals surface area (Å²) < 4.78 is 52.2. The maximum Gasteiger partial charge on any atom is 0.416 e. The summed E-state index contributed by atoms with van der Waals surface area (Å²) in [5.74, 6) is -1.49. The molecular weight excluding hydrogens is 458 g/mol. The summed E-state index contributed by atoms with van der Waals surface area (Å²) in [5.41, 5.74) is 1.17. The predicted octanol–water partition coefficient (Wildman–Crippen LogP) is 6.53. The SMILES string of the molecule is Cc1ccc(C(=O)NC(Cc2ccc(C(F)(F)F)cc2)C(=O)c2ccc(F)cc2)c2ccccc12. The number of amides is 1. The van der Waals surface area contributed by atoms with Gasteiger partial charge in [-0.15, -0.1) is 0 Å². The highest BCUT2D eigenvalue weighted by atomic mass is 19.4. The highest BCUT2D eigenvalue weighted by molar-refractivity contribution is 6.10. The Bertz CT molecular complexity index is 1380. The van der Waals surface area contributed by atoms with Crippen molar-refractivity contribution < 1.29 is 27.2 Å². The minimum Gasteiger partial charge on any atom is -0.341 e. The molecule has 0 spiro atoms. The van der Waals surface area contributed by atoms with Gasteiger partial charge in [0.1, 0.15) is 5.82 Å². The smallest absolute Gasteiger partial charge is 0.341 e. The van der Waals surface area contributed by atoms with Gasteiger partial charge in [-0.1, -0.05) is 42.5 Å². The molecule has 1 atom stereocenters. The maximum atomic E-state index is 13.4. The number of ketones is 1. The van der Waals surface area contributed by atoms with E-state index >= 15 is 0 Å². The van der Waals surface area contributed by atoms with E-state index in [1.165, 1.54) is 24.3 Å². The van der Waals surface area contributed by atoms with Crippen molar-refractivity contribution in [3.8, 4) is 0 Å². The van der Waals surface area contributed by atoms with E-state index in [9.17, 15) is 27.2 Å². The molecule has 3 nitrogen and oxygen atoms in total. The first kappa shape index (κ1) is 24.1. The largest absolute Gasteiger partial charge is 0.416 e. The number of benzene rings is 4. The van der Waals surface area contributed by atoms with Crippen LogP contribution in [-0.4, -0.2) is 17.7 Å². The number of alkyl halides is 3. The standard InChI is InChI=1S/C28H21F4NO2/c1-17-6-15-24(23-5-3-2-4-22(17)23)27(35)33-25(26(34)19-9-13-21(29)14-10-19)16-18-7-11-20(12-8-18)28(30,31)32/h2-15,25H,16H2,1H3,(H,33,35). The first-order valence-corrected chi connectivity index (χ1v) is 10.9. The van der Waals surface area contributed by atoms with Crippen LogP contribution in [0.2, 0.25) is 0 Å². The molecule has 4 rings (SSSR count). The van der Waals surface area contributed by atoms with Gasteiger partial charge in [0, 0.05) is 17.5 Å². The van der Waals surface area contributed by atoms with E-state index in [0.29, 0.717) is 16.5 Å². The molecule has 1 unspecified atom stereocenters. The molecule has 4 aromatic carbocycles. The van der Waals surface area contributed by atoms with Gasteiger partial charge >= 0.3 is 6.18 Å². The van der Waals surface area contributed by atoms with Crippen LogP contribution in [-0.2, 0) is 12.6 Å². The lowest BCUT2D eigenvalue weighted by atomic mass is 9.95. The fourth-order valence-electron chi connectivity index (χ4n) is 3.97. The summed E-state index contributed by atoms with van der Waals surface area (Å²) in [7, 11) is 0. The van der Waals surface area contributed by atoms with Crippen LogP contribution in [0.3, 0.4) is 0 Å². The molecule has 0 aliphatic carbocycles. The monoisotopic (exact) mass is 479 g/mol. The Balaban J connectivity index is 1.66. The zero-order valence-electron chi connectivity index (χ0n) is 18.7. The van der Waals surface area contributed by atoms with E-state index < -0.39 is 35.3 Å². The van der Waals surface area contributed by atoms with Gasteiger partial charge in [-0.25, -0.2) is 4.39 Å². The van der Waals surface area contributed by atoms with E-state index in [0.717, 1.165) is 35.2 Å². The van der Waals surface area contributed by atoms with Crippen LogP contribution in [0.5, 0.6) is 0 Å². The molecular formula is C28H21F4NO2. The lowest BCUT2D eigenvalue weighted by Crippen LogP contribution is -2.42. The summed E-state index contributed by atoms with van der Waals surface area (Å²) in [4.78, 5) is 26.5. The van der Waals surface area contributed by atoms with Crippen molar-refractivity contribution in [1.82, 2.24) is 5.32 Å².